The minimum absolute atomic E-state index is 0.165. The summed E-state index contributed by atoms with van der Waals surface area (Å²) in [4.78, 5) is 24.3. The molecule has 0 spiro atoms. The first kappa shape index (κ1) is 18.7. The van der Waals surface area contributed by atoms with Gasteiger partial charge in [-0.1, -0.05) is 0 Å². The number of nitrogens with one attached hydrogen (secondary N) is 1. The molecule has 0 aromatic rings. The predicted molar refractivity (Wildman–Crippen MR) is 73.4 cm³/mol. The van der Waals surface area contributed by atoms with E-state index in [-0.39, 0.29) is 12.2 Å². The van der Waals surface area contributed by atoms with Crippen molar-refractivity contribution >= 4 is 21.8 Å². The van der Waals surface area contributed by atoms with Gasteiger partial charge in [0.05, 0.1) is 12.4 Å². The summed E-state index contributed by atoms with van der Waals surface area (Å²) < 4.78 is 26.9. The Morgan fingerprint density at radius 1 is 1.40 bits per heavy atom. The van der Waals surface area contributed by atoms with Crippen LogP contribution in [0.4, 0.5) is 4.79 Å². The minimum atomic E-state index is -3.28. The molecule has 118 valence electrons. The van der Waals surface area contributed by atoms with Gasteiger partial charge >= 0.3 is 12.0 Å². The average molecular weight is 310 g/mol. The number of sulfone groups is 1. The summed E-state index contributed by atoms with van der Waals surface area (Å²) in [5.74, 6) is -1.56. The summed E-state index contributed by atoms with van der Waals surface area (Å²) in [7, 11) is -1.78. The maximum Gasteiger partial charge on any atom is 0.326 e. The number of methoxy groups -OCH3 is 1. The molecule has 0 saturated heterocycles. The van der Waals surface area contributed by atoms with Gasteiger partial charge < -0.3 is 20.1 Å². The van der Waals surface area contributed by atoms with Gasteiger partial charge in [0.25, 0.3) is 0 Å². The van der Waals surface area contributed by atoms with Gasteiger partial charge in [-0.3, -0.25) is 0 Å². The third-order valence-corrected chi connectivity index (χ3v) is 3.58. The Balaban J connectivity index is 4.57. The summed E-state index contributed by atoms with van der Waals surface area (Å²) in [6.45, 7) is 2.81. The van der Waals surface area contributed by atoms with E-state index in [0.29, 0.717) is 19.7 Å². The fourth-order valence-electron chi connectivity index (χ4n) is 1.43. The topological polar surface area (TPSA) is 113 Å². The van der Waals surface area contributed by atoms with Crippen LogP contribution in [0.5, 0.6) is 0 Å². The first-order valence-corrected chi connectivity index (χ1v) is 8.22. The first-order valence-electron chi connectivity index (χ1n) is 6.16. The number of aliphatic carboxylic acids is 1. The van der Waals surface area contributed by atoms with E-state index < -0.39 is 27.9 Å². The Kier molecular flexibility index (Phi) is 8.16. The SMILES string of the molecule is CCN(CCOC)C(=O)NC(CCS(C)(=O)=O)C(=O)O. The molecule has 9 heteroatoms. The second-order valence-corrected chi connectivity index (χ2v) is 6.59. The van der Waals surface area contributed by atoms with Crippen molar-refractivity contribution in [2.24, 2.45) is 0 Å². The van der Waals surface area contributed by atoms with E-state index in [1.807, 2.05) is 0 Å². The normalized spacial score (nSPS) is 12.8. The van der Waals surface area contributed by atoms with Crippen molar-refractivity contribution in [2.45, 2.75) is 19.4 Å². The molecule has 0 aromatic carbocycles. The van der Waals surface area contributed by atoms with Crippen molar-refractivity contribution in [3.05, 3.63) is 0 Å². The van der Waals surface area contributed by atoms with E-state index in [4.69, 9.17) is 9.84 Å². The van der Waals surface area contributed by atoms with Gasteiger partial charge in [0.15, 0.2) is 0 Å². The molecule has 0 aromatic heterocycles. The predicted octanol–water partition coefficient (Wildman–Crippen LogP) is -0.448. The summed E-state index contributed by atoms with van der Waals surface area (Å²) in [6, 6.07) is -1.78. The standard InChI is InChI=1S/C11H22N2O6S/c1-4-13(6-7-19-2)11(16)12-9(10(14)15)5-8-20(3,17)18/h9H,4-8H2,1-3H3,(H,12,16)(H,14,15). The molecule has 1 unspecified atom stereocenters. The Bertz CT molecular complexity index is 423. The number of carbonyl (C=O) groups is 2. The zero-order chi connectivity index (χ0) is 15.8. The summed E-state index contributed by atoms with van der Waals surface area (Å²) in [6.07, 6.45) is 0.854. The summed E-state index contributed by atoms with van der Waals surface area (Å²) in [5.41, 5.74) is 0. The van der Waals surface area contributed by atoms with Gasteiger partial charge in [-0.25, -0.2) is 18.0 Å². The second-order valence-electron chi connectivity index (χ2n) is 4.33. The zero-order valence-electron chi connectivity index (χ0n) is 12.0. The van der Waals surface area contributed by atoms with E-state index in [1.54, 1.807) is 6.92 Å². The fraction of sp³-hybridized carbons (Fsp3) is 0.818. The lowest BCUT2D eigenvalue weighted by Gasteiger charge is -2.23. The second kappa shape index (κ2) is 8.75. The maximum absolute atomic E-state index is 11.9. The van der Waals surface area contributed by atoms with Gasteiger partial charge in [-0.2, -0.15) is 0 Å². The van der Waals surface area contributed by atoms with Gasteiger partial charge in [0.2, 0.25) is 0 Å². The highest BCUT2D eigenvalue weighted by molar-refractivity contribution is 7.90. The summed E-state index contributed by atoms with van der Waals surface area (Å²) in [5, 5.41) is 11.3. The molecule has 0 radical (unpaired) electrons. The fourth-order valence-corrected chi connectivity index (χ4v) is 2.10. The molecule has 1 atom stereocenters. The van der Waals surface area contributed by atoms with Crippen molar-refractivity contribution in [3.63, 3.8) is 0 Å². The molecule has 20 heavy (non-hydrogen) atoms. The van der Waals surface area contributed by atoms with Crippen molar-refractivity contribution in [3.8, 4) is 0 Å². The van der Waals surface area contributed by atoms with Gasteiger partial charge in [-0.05, 0) is 13.3 Å². The van der Waals surface area contributed by atoms with Crippen LogP contribution >= 0.6 is 0 Å². The first-order chi connectivity index (χ1) is 9.21. The smallest absolute Gasteiger partial charge is 0.326 e. The lowest BCUT2D eigenvalue weighted by Crippen LogP contribution is -2.49. The van der Waals surface area contributed by atoms with Crippen LogP contribution in [0.2, 0.25) is 0 Å². The molecular weight excluding hydrogens is 288 g/mol. The number of hydrogen-bond acceptors (Lipinski definition) is 5. The van der Waals surface area contributed by atoms with Gasteiger partial charge in [0.1, 0.15) is 15.9 Å². The van der Waals surface area contributed by atoms with Crippen molar-refractivity contribution in [2.75, 3.05) is 38.8 Å². The van der Waals surface area contributed by atoms with Crippen LogP contribution in [0.3, 0.4) is 0 Å². The van der Waals surface area contributed by atoms with Gasteiger partial charge in [0, 0.05) is 26.5 Å². The van der Waals surface area contributed by atoms with Gasteiger partial charge in [-0.15, -0.1) is 0 Å². The molecule has 0 fully saturated rings. The van der Waals surface area contributed by atoms with Crippen LogP contribution in [-0.4, -0.2) is 75.3 Å². The Morgan fingerprint density at radius 2 is 2.00 bits per heavy atom. The number of likely N-dealkylation sites (N-methyl/N-ethyl adjacent to an activating group) is 1. The van der Waals surface area contributed by atoms with Crippen LogP contribution in [0.1, 0.15) is 13.3 Å². The van der Waals surface area contributed by atoms with E-state index in [9.17, 15) is 18.0 Å². The molecule has 2 N–H and O–H groups in total. The van der Waals surface area contributed by atoms with Crippen LogP contribution in [-0.2, 0) is 19.4 Å². The molecule has 0 aliphatic rings. The highest BCUT2D eigenvalue weighted by atomic mass is 32.2. The molecule has 0 rings (SSSR count). The minimum Gasteiger partial charge on any atom is -0.480 e. The van der Waals surface area contributed by atoms with E-state index >= 15 is 0 Å². The molecule has 8 nitrogen and oxygen atoms in total. The molecule has 0 saturated carbocycles. The average Bonchev–Trinajstić information content (AvgIpc) is 2.33. The third kappa shape index (κ3) is 7.95. The van der Waals surface area contributed by atoms with E-state index in [1.165, 1.54) is 12.0 Å². The number of urea groups is 1. The molecule has 2 amide bonds. The van der Waals surface area contributed by atoms with E-state index in [2.05, 4.69) is 5.32 Å². The number of ether oxygens (including phenoxy) is 1. The van der Waals surface area contributed by atoms with Crippen LogP contribution in [0.15, 0.2) is 0 Å². The highest BCUT2D eigenvalue weighted by Gasteiger charge is 2.23. The number of nitrogens with zero attached hydrogens (tertiary/aromatic N) is 1. The number of carboxylic acid groups (broad SMARTS) is 1. The number of rotatable bonds is 9. The number of hydrogen-bond donors (Lipinski definition) is 2. The van der Waals surface area contributed by atoms with Crippen LogP contribution < -0.4 is 5.32 Å². The molecule has 0 bridgehead atoms. The Morgan fingerprint density at radius 3 is 2.40 bits per heavy atom. The number of carboxylic acids is 1. The molecule has 0 aliphatic carbocycles. The van der Waals surface area contributed by atoms with Crippen molar-refractivity contribution in [1.29, 1.82) is 0 Å². The Labute approximate surface area is 119 Å². The lowest BCUT2D eigenvalue weighted by atomic mass is 10.2. The lowest BCUT2D eigenvalue weighted by molar-refractivity contribution is -0.139. The summed E-state index contributed by atoms with van der Waals surface area (Å²) >= 11 is 0. The van der Waals surface area contributed by atoms with Crippen molar-refractivity contribution in [1.82, 2.24) is 10.2 Å². The third-order valence-electron chi connectivity index (χ3n) is 2.61. The number of carbonyl (C=O) groups excluding carboxylic acids is 1. The van der Waals surface area contributed by atoms with E-state index in [0.717, 1.165) is 6.26 Å². The van der Waals surface area contributed by atoms with Crippen LogP contribution in [0, 0.1) is 0 Å². The number of amides is 2. The molecular formula is C11H22N2O6S. The Hall–Kier alpha value is -1.35. The largest absolute Gasteiger partial charge is 0.480 e. The molecule has 0 aliphatic heterocycles. The zero-order valence-corrected chi connectivity index (χ0v) is 12.8. The quantitative estimate of drug-likeness (QED) is 0.596. The maximum atomic E-state index is 11.9. The van der Waals surface area contributed by atoms with Crippen LogP contribution in [0.25, 0.3) is 0 Å². The van der Waals surface area contributed by atoms with Crippen molar-refractivity contribution < 1.29 is 27.9 Å². The highest BCUT2D eigenvalue weighted by Crippen LogP contribution is 1.99. The monoisotopic (exact) mass is 310 g/mol. The molecule has 0 heterocycles.